The molecule has 0 saturated carbocycles. The number of sulfonamides is 1. The quantitative estimate of drug-likeness (QED) is 0.909. The number of aryl methyl sites for hydroxylation is 1. The molecule has 0 radical (unpaired) electrons. The van der Waals surface area contributed by atoms with E-state index in [4.69, 9.17) is 5.73 Å². The molecule has 0 spiro atoms. The summed E-state index contributed by atoms with van der Waals surface area (Å²) in [4.78, 5) is -0.0793. The molecule has 6 heteroatoms. The first-order chi connectivity index (χ1) is 9.44. The molecule has 0 atom stereocenters. The third kappa shape index (κ3) is 2.97. The molecule has 2 rings (SSSR count). The van der Waals surface area contributed by atoms with E-state index in [0.29, 0.717) is 16.8 Å². The van der Waals surface area contributed by atoms with Crippen LogP contribution in [0.4, 0.5) is 10.1 Å². The van der Waals surface area contributed by atoms with Crippen LogP contribution in [0.25, 0.3) is 0 Å². The Morgan fingerprint density at radius 2 is 1.90 bits per heavy atom. The average molecular weight is 294 g/mol. The van der Waals surface area contributed by atoms with Crippen LogP contribution in [-0.2, 0) is 16.6 Å². The van der Waals surface area contributed by atoms with Gasteiger partial charge in [-0.3, -0.25) is 4.72 Å². The molecule has 106 valence electrons. The Hall–Kier alpha value is -1.92. The number of nitrogens with two attached hydrogens (primary N) is 1. The van der Waals surface area contributed by atoms with Gasteiger partial charge in [-0.25, -0.2) is 12.8 Å². The maximum absolute atomic E-state index is 13.2. The van der Waals surface area contributed by atoms with Crippen molar-refractivity contribution in [2.24, 2.45) is 5.73 Å². The summed E-state index contributed by atoms with van der Waals surface area (Å²) in [7, 11) is -3.84. The Balaban J connectivity index is 2.43. The highest BCUT2D eigenvalue weighted by molar-refractivity contribution is 7.92. The van der Waals surface area contributed by atoms with E-state index in [2.05, 4.69) is 4.72 Å². The van der Waals surface area contributed by atoms with Crippen molar-refractivity contribution in [3.8, 4) is 0 Å². The minimum atomic E-state index is -3.84. The number of nitrogens with one attached hydrogen (secondary N) is 1. The molecule has 3 N–H and O–H groups in total. The smallest absolute Gasteiger partial charge is 0.262 e. The lowest BCUT2D eigenvalue weighted by molar-refractivity contribution is 0.594. The number of para-hydroxylation sites is 1. The maximum Gasteiger partial charge on any atom is 0.262 e. The first-order valence-corrected chi connectivity index (χ1v) is 7.49. The molecular formula is C14H15FN2O2S. The van der Waals surface area contributed by atoms with Gasteiger partial charge in [-0.1, -0.05) is 24.3 Å². The molecule has 0 unspecified atom stereocenters. The van der Waals surface area contributed by atoms with Gasteiger partial charge in [-0.15, -0.1) is 0 Å². The normalized spacial score (nSPS) is 11.3. The summed E-state index contributed by atoms with van der Waals surface area (Å²) in [6.45, 7) is 1.82. The van der Waals surface area contributed by atoms with Crippen molar-refractivity contribution in [3.63, 3.8) is 0 Å². The van der Waals surface area contributed by atoms with Crippen molar-refractivity contribution in [1.82, 2.24) is 0 Å². The fourth-order valence-corrected chi connectivity index (χ4v) is 3.22. The molecule has 2 aromatic rings. The summed E-state index contributed by atoms with van der Waals surface area (Å²) >= 11 is 0. The van der Waals surface area contributed by atoms with Gasteiger partial charge >= 0.3 is 0 Å². The van der Waals surface area contributed by atoms with Gasteiger partial charge in [0, 0.05) is 6.54 Å². The molecule has 0 aliphatic heterocycles. The third-order valence-corrected chi connectivity index (χ3v) is 4.43. The molecule has 2 aromatic carbocycles. The van der Waals surface area contributed by atoms with Crippen LogP contribution in [0.15, 0.2) is 47.4 Å². The highest BCUT2D eigenvalue weighted by atomic mass is 32.2. The lowest BCUT2D eigenvalue weighted by Crippen LogP contribution is -2.16. The molecule has 0 bridgehead atoms. The summed E-state index contributed by atoms with van der Waals surface area (Å²) in [5.74, 6) is -0.594. The second-order valence-electron chi connectivity index (χ2n) is 4.38. The molecule has 0 amide bonds. The van der Waals surface area contributed by atoms with Crippen LogP contribution in [-0.4, -0.2) is 8.42 Å². The number of anilines is 1. The number of halogens is 1. The Kier molecular flexibility index (Phi) is 4.06. The van der Waals surface area contributed by atoms with Crippen LogP contribution in [0.1, 0.15) is 11.1 Å². The number of rotatable bonds is 4. The monoisotopic (exact) mass is 294 g/mol. The number of benzene rings is 2. The fourth-order valence-electron chi connectivity index (χ4n) is 1.86. The third-order valence-electron chi connectivity index (χ3n) is 2.92. The number of hydrogen-bond donors (Lipinski definition) is 2. The molecule has 4 nitrogen and oxygen atoms in total. The lowest BCUT2D eigenvalue weighted by atomic mass is 10.2. The van der Waals surface area contributed by atoms with Gasteiger partial charge in [-0.2, -0.15) is 0 Å². The highest BCUT2D eigenvalue weighted by Crippen LogP contribution is 2.22. The molecule has 0 saturated heterocycles. The minimum absolute atomic E-state index is 0.0793. The first-order valence-electron chi connectivity index (χ1n) is 6.01. The topological polar surface area (TPSA) is 72.2 Å². The minimum Gasteiger partial charge on any atom is -0.326 e. The predicted molar refractivity (Wildman–Crippen MR) is 76.3 cm³/mol. The van der Waals surface area contributed by atoms with Crippen LogP contribution >= 0.6 is 0 Å². The van der Waals surface area contributed by atoms with E-state index in [1.807, 2.05) is 0 Å². The number of hydrogen-bond acceptors (Lipinski definition) is 3. The van der Waals surface area contributed by atoms with Crippen molar-refractivity contribution in [2.75, 3.05) is 4.72 Å². The summed E-state index contributed by atoms with van der Waals surface area (Å²) < 4.78 is 40.3. The van der Waals surface area contributed by atoms with E-state index in [0.717, 1.165) is 6.07 Å². The van der Waals surface area contributed by atoms with E-state index in [1.54, 1.807) is 31.2 Å². The fraction of sp³-hybridized carbons (Fsp3) is 0.143. The summed E-state index contributed by atoms with van der Waals surface area (Å²) in [6.07, 6.45) is 0. The van der Waals surface area contributed by atoms with E-state index >= 15 is 0 Å². The van der Waals surface area contributed by atoms with Gasteiger partial charge in [-0.05, 0) is 36.2 Å². The van der Waals surface area contributed by atoms with Crippen molar-refractivity contribution in [2.45, 2.75) is 18.4 Å². The van der Waals surface area contributed by atoms with Crippen molar-refractivity contribution >= 4 is 15.7 Å². The van der Waals surface area contributed by atoms with E-state index < -0.39 is 15.8 Å². The summed E-state index contributed by atoms with van der Waals surface area (Å²) in [6, 6.07) is 10.5. The molecule has 0 aliphatic rings. The zero-order chi connectivity index (χ0) is 14.8. The van der Waals surface area contributed by atoms with Gasteiger partial charge in [0.15, 0.2) is 0 Å². The van der Waals surface area contributed by atoms with Gasteiger partial charge in [0.1, 0.15) is 5.82 Å². The summed E-state index contributed by atoms with van der Waals surface area (Å²) in [5, 5.41) is 0. The van der Waals surface area contributed by atoms with Crippen LogP contribution in [0.2, 0.25) is 0 Å². The van der Waals surface area contributed by atoms with Crippen LogP contribution < -0.4 is 10.5 Å². The SMILES string of the molecule is Cc1ccc(F)cc1S(=O)(=O)Nc1ccccc1CN. The Morgan fingerprint density at radius 3 is 2.60 bits per heavy atom. The predicted octanol–water partition coefficient (Wildman–Crippen LogP) is 2.39. The molecule has 0 aromatic heterocycles. The Morgan fingerprint density at radius 1 is 1.20 bits per heavy atom. The van der Waals surface area contributed by atoms with Crippen molar-refractivity contribution in [3.05, 3.63) is 59.4 Å². The van der Waals surface area contributed by atoms with Gasteiger partial charge in [0.05, 0.1) is 10.6 Å². The summed E-state index contributed by atoms with van der Waals surface area (Å²) in [5.41, 5.74) is 7.12. The maximum atomic E-state index is 13.2. The zero-order valence-corrected chi connectivity index (χ0v) is 11.7. The van der Waals surface area contributed by atoms with Gasteiger partial charge < -0.3 is 5.73 Å². The molecule has 0 heterocycles. The van der Waals surface area contributed by atoms with E-state index in [9.17, 15) is 12.8 Å². The average Bonchev–Trinajstić information content (AvgIpc) is 2.41. The molecule has 0 fully saturated rings. The van der Waals surface area contributed by atoms with Crippen molar-refractivity contribution in [1.29, 1.82) is 0 Å². The highest BCUT2D eigenvalue weighted by Gasteiger charge is 2.18. The second-order valence-corrected chi connectivity index (χ2v) is 6.03. The first kappa shape index (κ1) is 14.5. The lowest BCUT2D eigenvalue weighted by Gasteiger charge is -2.13. The Bertz CT molecular complexity index is 730. The van der Waals surface area contributed by atoms with Crippen LogP contribution in [0.5, 0.6) is 0 Å². The van der Waals surface area contributed by atoms with E-state index in [1.165, 1.54) is 12.1 Å². The van der Waals surface area contributed by atoms with E-state index in [-0.39, 0.29) is 11.4 Å². The second kappa shape index (κ2) is 5.60. The molecular weight excluding hydrogens is 279 g/mol. The van der Waals surface area contributed by atoms with Crippen molar-refractivity contribution < 1.29 is 12.8 Å². The largest absolute Gasteiger partial charge is 0.326 e. The van der Waals surface area contributed by atoms with Crippen LogP contribution in [0.3, 0.4) is 0 Å². The van der Waals surface area contributed by atoms with Gasteiger partial charge in [0.2, 0.25) is 0 Å². The van der Waals surface area contributed by atoms with Crippen LogP contribution in [0, 0.1) is 12.7 Å². The molecule has 20 heavy (non-hydrogen) atoms. The molecule has 0 aliphatic carbocycles. The van der Waals surface area contributed by atoms with Gasteiger partial charge in [0.25, 0.3) is 10.0 Å². The zero-order valence-electron chi connectivity index (χ0n) is 10.9. The standard InChI is InChI=1S/C14H15FN2O2S/c1-10-6-7-12(15)8-14(10)20(18,19)17-13-5-3-2-4-11(13)9-16/h2-8,17H,9,16H2,1H3. The Labute approximate surface area is 117 Å².